The molecular formula is C17H21N5O3S. The third-order valence-corrected chi connectivity index (χ3v) is 6.30. The first-order valence-electron chi connectivity index (χ1n) is 8.78. The van der Waals surface area contributed by atoms with Gasteiger partial charge >= 0.3 is 0 Å². The third-order valence-electron chi connectivity index (χ3n) is 4.81. The molecule has 26 heavy (non-hydrogen) atoms. The number of sulfonamides is 1. The van der Waals surface area contributed by atoms with Crippen LogP contribution in [0, 0.1) is 6.92 Å². The van der Waals surface area contributed by atoms with E-state index in [9.17, 15) is 13.2 Å². The minimum absolute atomic E-state index is 0.0793. The summed E-state index contributed by atoms with van der Waals surface area (Å²) in [7, 11) is -3.68. The minimum Gasteiger partial charge on any atom is -0.312 e. The zero-order valence-corrected chi connectivity index (χ0v) is 15.4. The first-order chi connectivity index (χ1) is 12.4. The average molecular weight is 375 g/mol. The van der Waals surface area contributed by atoms with Crippen molar-refractivity contribution in [2.45, 2.75) is 50.1 Å². The van der Waals surface area contributed by atoms with Gasteiger partial charge < -0.3 is 4.90 Å². The lowest BCUT2D eigenvalue weighted by Crippen LogP contribution is -2.33. The Balaban J connectivity index is 1.55. The quantitative estimate of drug-likeness (QED) is 0.874. The molecule has 0 radical (unpaired) electrons. The Hall–Kier alpha value is -2.26. The largest absolute Gasteiger partial charge is 0.312 e. The van der Waals surface area contributed by atoms with Crippen LogP contribution < -0.4 is 9.62 Å². The predicted molar refractivity (Wildman–Crippen MR) is 95.1 cm³/mol. The Bertz CT molecular complexity index is 936. The summed E-state index contributed by atoms with van der Waals surface area (Å²) in [6, 6.07) is 6.08. The number of benzene rings is 1. The first-order valence-corrected chi connectivity index (χ1v) is 10.3. The number of fused-ring (bicyclic) bond motifs is 1. The molecule has 4 rings (SSSR count). The van der Waals surface area contributed by atoms with E-state index >= 15 is 0 Å². The highest BCUT2D eigenvalue weighted by molar-refractivity contribution is 7.89. The van der Waals surface area contributed by atoms with Gasteiger partial charge in [-0.3, -0.25) is 4.79 Å². The molecule has 2 aliphatic heterocycles. The van der Waals surface area contributed by atoms with E-state index < -0.39 is 10.0 Å². The summed E-state index contributed by atoms with van der Waals surface area (Å²) in [6.45, 7) is 3.24. The van der Waals surface area contributed by atoms with Crippen molar-refractivity contribution in [2.24, 2.45) is 0 Å². The number of amides is 1. The van der Waals surface area contributed by atoms with E-state index in [1.165, 1.54) is 0 Å². The maximum atomic E-state index is 12.8. The van der Waals surface area contributed by atoms with Gasteiger partial charge in [-0.1, -0.05) is 0 Å². The van der Waals surface area contributed by atoms with E-state index in [1.807, 2.05) is 0 Å². The monoisotopic (exact) mass is 375 g/mol. The lowest BCUT2D eigenvalue weighted by atomic mass is 10.1. The van der Waals surface area contributed by atoms with Crippen molar-refractivity contribution in [3.63, 3.8) is 0 Å². The summed E-state index contributed by atoms with van der Waals surface area (Å²) < 4.78 is 30.0. The lowest BCUT2D eigenvalue weighted by molar-refractivity contribution is -0.117. The number of anilines is 1. The standard InChI is InChI=1S/C17H21N5O3S/c1-12-18-17-15(4-2-11-22(17)19-12)20-26(24,25)14-8-6-13(7-9-14)21-10-3-5-16(21)23/h6-9,15,20H,2-5,10-11H2,1H3/t15-/m0/s1. The minimum atomic E-state index is -3.68. The van der Waals surface area contributed by atoms with Crippen molar-refractivity contribution in [3.8, 4) is 0 Å². The molecule has 0 unspecified atom stereocenters. The summed E-state index contributed by atoms with van der Waals surface area (Å²) in [4.78, 5) is 18.1. The molecule has 2 aromatic rings. The molecule has 1 aromatic heterocycles. The van der Waals surface area contributed by atoms with Crippen LogP contribution in [-0.4, -0.2) is 35.6 Å². The van der Waals surface area contributed by atoms with Gasteiger partial charge in [-0.15, -0.1) is 0 Å². The molecule has 2 aliphatic rings. The normalized spacial score (nSPS) is 20.4. The van der Waals surface area contributed by atoms with Crippen LogP contribution >= 0.6 is 0 Å². The second-order valence-corrected chi connectivity index (χ2v) is 8.41. The molecule has 8 nitrogen and oxygen atoms in total. The van der Waals surface area contributed by atoms with Crippen molar-refractivity contribution in [3.05, 3.63) is 35.9 Å². The summed E-state index contributed by atoms with van der Waals surface area (Å²) in [6.07, 6.45) is 2.92. The zero-order chi connectivity index (χ0) is 18.3. The van der Waals surface area contributed by atoms with Gasteiger partial charge in [0, 0.05) is 25.2 Å². The van der Waals surface area contributed by atoms with Crippen molar-refractivity contribution in [1.29, 1.82) is 0 Å². The van der Waals surface area contributed by atoms with Gasteiger partial charge in [-0.25, -0.2) is 22.8 Å². The highest BCUT2D eigenvalue weighted by Gasteiger charge is 2.29. The maximum Gasteiger partial charge on any atom is 0.241 e. The number of aryl methyl sites for hydroxylation is 2. The number of hydrogen-bond donors (Lipinski definition) is 1. The Morgan fingerprint density at radius 1 is 1.15 bits per heavy atom. The molecule has 3 heterocycles. The molecule has 1 fully saturated rings. The average Bonchev–Trinajstić information content (AvgIpc) is 3.20. The number of carbonyl (C=O) groups excluding carboxylic acids is 1. The summed E-state index contributed by atoms with van der Waals surface area (Å²) in [5.41, 5.74) is 0.736. The van der Waals surface area contributed by atoms with E-state index in [-0.39, 0.29) is 16.8 Å². The molecule has 0 bridgehead atoms. The van der Waals surface area contributed by atoms with Crippen molar-refractivity contribution in [1.82, 2.24) is 19.5 Å². The summed E-state index contributed by atoms with van der Waals surface area (Å²) in [5, 5.41) is 4.30. The molecule has 138 valence electrons. The predicted octanol–water partition coefficient (Wildman–Crippen LogP) is 1.53. The van der Waals surface area contributed by atoms with Gasteiger partial charge in [0.05, 0.1) is 10.9 Å². The van der Waals surface area contributed by atoms with Gasteiger partial charge in [0.1, 0.15) is 11.6 Å². The lowest BCUT2D eigenvalue weighted by Gasteiger charge is -2.23. The van der Waals surface area contributed by atoms with E-state index in [2.05, 4.69) is 14.8 Å². The molecule has 9 heteroatoms. The fourth-order valence-corrected chi connectivity index (χ4v) is 4.79. The van der Waals surface area contributed by atoms with Crippen LogP contribution in [0.25, 0.3) is 0 Å². The highest BCUT2D eigenvalue weighted by atomic mass is 32.2. The molecule has 1 amide bonds. The Kier molecular flexibility index (Phi) is 4.28. The van der Waals surface area contributed by atoms with E-state index in [0.29, 0.717) is 31.0 Å². The number of nitrogens with zero attached hydrogens (tertiary/aromatic N) is 4. The van der Waals surface area contributed by atoms with Crippen LogP contribution in [0.4, 0.5) is 5.69 Å². The molecule has 0 spiro atoms. The fourth-order valence-electron chi connectivity index (χ4n) is 3.56. The molecule has 1 atom stereocenters. The van der Waals surface area contributed by atoms with Gasteiger partial charge in [-0.05, 0) is 50.5 Å². The van der Waals surface area contributed by atoms with Crippen LogP contribution in [0.15, 0.2) is 29.2 Å². The number of rotatable bonds is 4. The fraction of sp³-hybridized carbons (Fsp3) is 0.471. The SMILES string of the molecule is Cc1nc2n(n1)CCC[C@@H]2NS(=O)(=O)c1ccc(N2CCCC2=O)cc1. The maximum absolute atomic E-state index is 12.8. The number of nitrogens with one attached hydrogen (secondary N) is 1. The Morgan fingerprint density at radius 2 is 1.92 bits per heavy atom. The zero-order valence-electron chi connectivity index (χ0n) is 14.6. The van der Waals surface area contributed by atoms with Gasteiger partial charge in [-0.2, -0.15) is 5.10 Å². The summed E-state index contributed by atoms with van der Waals surface area (Å²) in [5.74, 6) is 1.39. The number of carbonyl (C=O) groups is 1. The van der Waals surface area contributed by atoms with Crippen LogP contribution in [0.1, 0.15) is 43.4 Å². The number of aromatic nitrogens is 3. The molecule has 1 aromatic carbocycles. The molecule has 0 saturated carbocycles. The van der Waals surface area contributed by atoms with Gasteiger partial charge in [0.15, 0.2) is 0 Å². The van der Waals surface area contributed by atoms with E-state index in [1.54, 1.807) is 40.8 Å². The van der Waals surface area contributed by atoms with Crippen LogP contribution in [0.2, 0.25) is 0 Å². The van der Waals surface area contributed by atoms with Gasteiger partial charge in [0.25, 0.3) is 0 Å². The van der Waals surface area contributed by atoms with Crippen LogP contribution in [-0.2, 0) is 21.4 Å². The van der Waals surface area contributed by atoms with Crippen molar-refractivity contribution in [2.75, 3.05) is 11.4 Å². The smallest absolute Gasteiger partial charge is 0.241 e. The van der Waals surface area contributed by atoms with Crippen LogP contribution in [0.3, 0.4) is 0 Å². The second-order valence-electron chi connectivity index (χ2n) is 6.70. The van der Waals surface area contributed by atoms with Gasteiger partial charge in [0.2, 0.25) is 15.9 Å². The molecule has 1 N–H and O–H groups in total. The topological polar surface area (TPSA) is 97.2 Å². The Labute approximate surface area is 152 Å². The van der Waals surface area contributed by atoms with Crippen LogP contribution in [0.5, 0.6) is 0 Å². The number of hydrogen-bond acceptors (Lipinski definition) is 5. The molecule has 1 saturated heterocycles. The Morgan fingerprint density at radius 3 is 2.62 bits per heavy atom. The molecule has 0 aliphatic carbocycles. The highest BCUT2D eigenvalue weighted by Crippen LogP contribution is 2.27. The third kappa shape index (κ3) is 3.12. The second kappa shape index (κ2) is 6.48. The summed E-state index contributed by atoms with van der Waals surface area (Å²) >= 11 is 0. The first kappa shape index (κ1) is 17.2. The van der Waals surface area contributed by atoms with E-state index in [4.69, 9.17) is 0 Å². The molecular weight excluding hydrogens is 354 g/mol. The van der Waals surface area contributed by atoms with Crippen molar-refractivity contribution < 1.29 is 13.2 Å². The van der Waals surface area contributed by atoms with E-state index in [0.717, 1.165) is 25.1 Å². The van der Waals surface area contributed by atoms with Crippen molar-refractivity contribution >= 4 is 21.6 Å².